The number of carbonyl (C=O) groups excluding carboxylic acids is 1. The van der Waals surface area contributed by atoms with Crippen LogP contribution in [0.2, 0.25) is 0 Å². The zero-order valence-corrected chi connectivity index (χ0v) is 25.3. The number of benzene rings is 1. The Morgan fingerprint density at radius 1 is 1.02 bits per heavy atom. The lowest BCUT2D eigenvalue weighted by atomic mass is 9.95. The molecule has 8 nitrogen and oxygen atoms in total. The Balaban J connectivity index is 1.33. The Morgan fingerprint density at radius 2 is 1.73 bits per heavy atom. The van der Waals surface area contributed by atoms with Crippen molar-refractivity contribution in [1.29, 1.82) is 0 Å². The fourth-order valence-corrected chi connectivity index (χ4v) is 6.43. The normalized spacial score (nSPS) is 25.0. The van der Waals surface area contributed by atoms with Crippen molar-refractivity contribution in [2.45, 2.75) is 76.4 Å². The number of hydrogen-bond acceptors (Lipinski definition) is 6. The number of likely N-dealkylation sites (tertiary alicyclic amines) is 1. The molecule has 242 valence electrons. The molecule has 1 aromatic rings. The van der Waals surface area contributed by atoms with E-state index in [1.54, 1.807) is 11.8 Å². The number of piperidine rings is 1. The predicted molar refractivity (Wildman–Crippen MR) is 159 cm³/mol. The smallest absolute Gasteiger partial charge is 0.387 e. The molecule has 0 aromatic heterocycles. The fourth-order valence-electron chi connectivity index (χ4n) is 6.43. The van der Waals surface area contributed by atoms with Crippen molar-refractivity contribution in [1.82, 2.24) is 15.1 Å². The summed E-state index contributed by atoms with van der Waals surface area (Å²) in [5, 5.41) is 3.43. The number of amides is 1. The lowest BCUT2D eigenvalue weighted by molar-refractivity contribution is -0.137. The van der Waals surface area contributed by atoms with E-state index in [9.17, 15) is 22.4 Å². The van der Waals surface area contributed by atoms with Gasteiger partial charge in [0.1, 0.15) is 17.7 Å². The molecule has 4 heterocycles. The van der Waals surface area contributed by atoms with Gasteiger partial charge in [-0.2, -0.15) is 13.2 Å². The van der Waals surface area contributed by atoms with Gasteiger partial charge in [0, 0.05) is 75.3 Å². The topological polar surface area (TPSA) is 92.4 Å². The summed E-state index contributed by atoms with van der Waals surface area (Å²) in [7, 11) is 0. The van der Waals surface area contributed by atoms with Gasteiger partial charge < -0.3 is 30.3 Å². The van der Waals surface area contributed by atoms with Crippen LogP contribution in [0, 0.1) is 5.92 Å². The molecule has 0 spiro atoms. The van der Waals surface area contributed by atoms with Crippen LogP contribution in [0.1, 0.15) is 55.7 Å². The highest BCUT2D eigenvalue weighted by molar-refractivity contribution is 5.98. The number of hydrogen-bond donors (Lipinski definition) is 2. The maximum Gasteiger partial charge on any atom is 0.416 e. The summed E-state index contributed by atoms with van der Waals surface area (Å²) >= 11 is 0. The molecular weight excluding hydrogens is 578 g/mol. The van der Waals surface area contributed by atoms with Crippen LogP contribution in [-0.4, -0.2) is 85.9 Å². The summed E-state index contributed by atoms with van der Waals surface area (Å²) in [5.41, 5.74) is 8.71. The third-order valence-corrected chi connectivity index (χ3v) is 9.32. The molecule has 0 saturated carbocycles. The molecular formula is C32H43F4N5O3. The average Bonchev–Trinajstić information content (AvgIpc) is 3.03. The van der Waals surface area contributed by atoms with E-state index in [2.05, 4.69) is 11.9 Å². The first-order valence-corrected chi connectivity index (χ1v) is 15.5. The molecule has 0 bridgehead atoms. The van der Waals surface area contributed by atoms with E-state index >= 15 is 0 Å². The molecule has 2 atom stereocenters. The van der Waals surface area contributed by atoms with Crippen LogP contribution >= 0.6 is 0 Å². The van der Waals surface area contributed by atoms with Crippen molar-refractivity contribution in [3.8, 4) is 0 Å². The van der Waals surface area contributed by atoms with Crippen LogP contribution in [0.4, 0.5) is 17.6 Å². The number of nitrogens with two attached hydrogens (primary N) is 1. The highest BCUT2D eigenvalue weighted by atomic mass is 19.4. The van der Waals surface area contributed by atoms with E-state index in [1.165, 1.54) is 12.1 Å². The highest BCUT2D eigenvalue weighted by Gasteiger charge is 2.34. The fraction of sp³-hybridized carbons (Fsp3) is 0.625. The van der Waals surface area contributed by atoms with E-state index in [4.69, 9.17) is 20.2 Å². The van der Waals surface area contributed by atoms with E-state index in [0.29, 0.717) is 94.4 Å². The Morgan fingerprint density at radius 3 is 2.41 bits per heavy atom. The Labute approximate surface area is 256 Å². The zero-order chi connectivity index (χ0) is 31.4. The van der Waals surface area contributed by atoms with Gasteiger partial charge in [0.2, 0.25) is 0 Å². The van der Waals surface area contributed by atoms with Gasteiger partial charge in [0.15, 0.2) is 0 Å². The number of carbonyl (C=O) groups is 1. The second-order valence-electron chi connectivity index (χ2n) is 12.2. The summed E-state index contributed by atoms with van der Waals surface area (Å²) in [6.45, 7) is 9.72. The second kappa shape index (κ2) is 14.0. The molecule has 0 radical (unpaired) electrons. The van der Waals surface area contributed by atoms with Crippen molar-refractivity contribution in [3.63, 3.8) is 0 Å². The van der Waals surface area contributed by atoms with Crippen LogP contribution in [0.25, 0.3) is 0 Å². The monoisotopic (exact) mass is 621 g/mol. The van der Waals surface area contributed by atoms with Crippen molar-refractivity contribution in [2.24, 2.45) is 16.6 Å². The first-order chi connectivity index (χ1) is 21.0. The summed E-state index contributed by atoms with van der Waals surface area (Å²) in [6, 6.07) is 3.71. The summed E-state index contributed by atoms with van der Waals surface area (Å²) in [4.78, 5) is 22.5. The number of halogens is 4. The maximum absolute atomic E-state index is 14.3. The van der Waals surface area contributed by atoms with Crippen molar-refractivity contribution >= 4 is 11.7 Å². The van der Waals surface area contributed by atoms with Crippen molar-refractivity contribution in [3.05, 3.63) is 58.4 Å². The van der Waals surface area contributed by atoms with Crippen LogP contribution in [0.5, 0.6) is 0 Å². The lowest BCUT2D eigenvalue weighted by Crippen LogP contribution is -2.52. The molecule has 44 heavy (non-hydrogen) atoms. The summed E-state index contributed by atoms with van der Waals surface area (Å²) < 4.78 is 64.7. The van der Waals surface area contributed by atoms with Crippen LogP contribution in [0.15, 0.2) is 46.7 Å². The maximum atomic E-state index is 14.3. The Kier molecular flexibility index (Phi) is 10.3. The quantitative estimate of drug-likeness (QED) is 0.155. The van der Waals surface area contributed by atoms with Gasteiger partial charge in [0.05, 0.1) is 12.2 Å². The SMILES string of the molecule is C=C(/C(C)=C(\N=C(/N)C1CCOCC1)C(=O)N1CCC(N[C@H]2CCOC[C@H]2F)CC1)N1CCc2cc(C(F)(F)F)ccc2C1. The standard InChI is InChI=1S/C32H43F4N5O3/c1-20(21(2)41-11-5-23-17-25(32(34,35)36)4-3-24(23)18-41)29(39-30(37)22-8-14-43-15-9-22)31(42)40-12-6-26(7-13-40)38-28-10-16-44-19-27(28)33/h3-4,17,22,26-28,38H,2,5-16,18-19H2,1H3,(H2,37,39)/b29-20-/t27-,28+/m1/s1. The minimum Gasteiger partial charge on any atom is -0.387 e. The first kappa shape index (κ1) is 32.4. The minimum absolute atomic E-state index is 0.000336. The number of rotatable bonds is 7. The molecule has 5 rings (SSSR count). The average molecular weight is 622 g/mol. The molecule has 3 saturated heterocycles. The Bertz CT molecular complexity index is 1270. The molecule has 4 aliphatic heterocycles. The molecule has 12 heteroatoms. The number of nitrogens with zero attached hydrogens (tertiary/aromatic N) is 3. The lowest BCUT2D eigenvalue weighted by Gasteiger charge is -2.37. The Hall–Kier alpha value is -2.96. The number of alkyl halides is 4. The van der Waals surface area contributed by atoms with E-state index < -0.39 is 17.9 Å². The molecule has 0 unspecified atom stereocenters. The predicted octanol–water partition coefficient (Wildman–Crippen LogP) is 4.34. The molecule has 3 N–H and O–H groups in total. The van der Waals surface area contributed by atoms with Crippen molar-refractivity contribution < 1.29 is 31.8 Å². The van der Waals surface area contributed by atoms with Gasteiger partial charge in [-0.25, -0.2) is 9.38 Å². The van der Waals surface area contributed by atoms with Gasteiger partial charge in [-0.1, -0.05) is 12.6 Å². The largest absolute Gasteiger partial charge is 0.416 e. The zero-order valence-electron chi connectivity index (χ0n) is 25.3. The van der Waals surface area contributed by atoms with E-state index in [-0.39, 0.29) is 36.2 Å². The summed E-state index contributed by atoms with van der Waals surface area (Å²) in [5.74, 6) is 0.150. The third-order valence-electron chi connectivity index (χ3n) is 9.32. The van der Waals surface area contributed by atoms with Crippen molar-refractivity contribution in [2.75, 3.05) is 46.1 Å². The third kappa shape index (κ3) is 7.63. The number of nitrogens with one attached hydrogen (secondary N) is 1. The second-order valence-corrected chi connectivity index (χ2v) is 12.2. The minimum atomic E-state index is -4.39. The van der Waals surface area contributed by atoms with Gasteiger partial charge in [-0.15, -0.1) is 0 Å². The molecule has 1 aromatic carbocycles. The van der Waals surface area contributed by atoms with Crippen LogP contribution in [0.3, 0.4) is 0 Å². The van der Waals surface area contributed by atoms with Gasteiger partial charge >= 0.3 is 6.18 Å². The first-order valence-electron chi connectivity index (χ1n) is 15.5. The number of aliphatic imine (C=N–C) groups is 1. The number of ether oxygens (including phenoxy) is 2. The highest BCUT2D eigenvalue weighted by Crippen LogP contribution is 2.34. The number of amidine groups is 1. The molecule has 1 amide bonds. The van der Waals surface area contributed by atoms with Gasteiger partial charge in [0.25, 0.3) is 5.91 Å². The number of allylic oxidation sites excluding steroid dienone is 1. The molecule has 3 fully saturated rings. The molecule has 0 aliphatic carbocycles. The van der Waals surface area contributed by atoms with Gasteiger partial charge in [-0.3, -0.25) is 4.79 Å². The van der Waals surface area contributed by atoms with Crippen LogP contribution in [-0.2, 0) is 33.4 Å². The van der Waals surface area contributed by atoms with E-state index in [0.717, 1.165) is 24.5 Å². The van der Waals surface area contributed by atoms with Crippen LogP contribution < -0.4 is 11.1 Å². The molecule has 4 aliphatic rings. The number of fused-ring (bicyclic) bond motifs is 1. The summed E-state index contributed by atoms with van der Waals surface area (Å²) in [6.07, 6.45) is -1.57. The van der Waals surface area contributed by atoms with Gasteiger partial charge in [-0.05, 0) is 68.7 Å². The van der Waals surface area contributed by atoms with E-state index in [1.807, 2.05) is 4.90 Å².